The van der Waals surface area contributed by atoms with Gasteiger partial charge < -0.3 is 9.47 Å². The second-order valence-corrected chi connectivity index (χ2v) is 6.64. The van der Waals surface area contributed by atoms with Gasteiger partial charge in [-0.15, -0.1) is 0 Å². The molecular weight excluding hydrogens is 240 g/mol. The lowest BCUT2D eigenvalue weighted by molar-refractivity contribution is -0.186. The highest BCUT2D eigenvalue weighted by molar-refractivity contribution is 5.28. The van der Waals surface area contributed by atoms with Crippen molar-refractivity contribution >= 4 is 0 Å². The summed E-state index contributed by atoms with van der Waals surface area (Å²) in [5, 5.41) is 7.07. The Morgan fingerprint density at radius 3 is 3.16 bits per heavy atom. The van der Waals surface area contributed by atoms with Crippen LogP contribution in [-0.2, 0) is 14.9 Å². The minimum Gasteiger partial charge on any atom is -0.353 e. The van der Waals surface area contributed by atoms with Gasteiger partial charge in [-0.3, -0.25) is 5.10 Å². The lowest BCUT2D eigenvalue weighted by atomic mass is 9.59. The molecule has 0 aromatic carbocycles. The maximum Gasteiger partial charge on any atom is 0.157 e. The first-order valence-corrected chi connectivity index (χ1v) is 7.46. The molecule has 4 fully saturated rings. The Morgan fingerprint density at radius 2 is 2.42 bits per heavy atom. The van der Waals surface area contributed by atoms with Crippen molar-refractivity contribution in [2.45, 2.75) is 56.7 Å². The minimum atomic E-state index is 0.0268. The van der Waals surface area contributed by atoms with Gasteiger partial charge in [-0.2, -0.15) is 5.10 Å². The smallest absolute Gasteiger partial charge is 0.157 e. The van der Waals surface area contributed by atoms with E-state index in [0.717, 1.165) is 38.2 Å². The molecule has 1 saturated heterocycles. The van der Waals surface area contributed by atoms with Gasteiger partial charge in [0.2, 0.25) is 0 Å². The summed E-state index contributed by atoms with van der Waals surface area (Å²) in [6.45, 7) is 1.68. The Hall–Kier alpha value is -0.870. The molecule has 2 bridgehead atoms. The number of aromatic nitrogens is 2. The van der Waals surface area contributed by atoms with E-state index in [1.165, 1.54) is 25.7 Å². The summed E-state index contributed by atoms with van der Waals surface area (Å²) < 4.78 is 19.2. The van der Waals surface area contributed by atoms with Crippen molar-refractivity contribution < 1.29 is 10.8 Å². The molecule has 3 saturated carbocycles. The van der Waals surface area contributed by atoms with Crippen LogP contribution in [0, 0.1) is 5.41 Å². The van der Waals surface area contributed by atoms with Crippen molar-refractivity contribution in [1.82, 2.24) is 10.2 Å². The third kappa shape index (κ3) is 1.93. The summed E-state index contributed by atoms with van der Waals surface area (Å²) >= 11 is 0. The number of nitrogens with zero attached hydrogens (tertiary/aromatic N) is 1. The van der Waals surface area contributed by atoms with Gasteiger partial charge in [0.15, 0.2) is 6.29 Å². The SMILES string of the molecule is [2H]c1cc(C23CCC(COC4CCCCO4)(C2)C3)n[nH]1. The van der Waals surface area contributed by atoms with Crippen molar-refractivity contribution in [2.24, 2.45) is 5.41 Å². The van der Waals surface area contributed by atoms with E-state index < -0.39 is 0 Å². The summed E-state index contributed by atoms with van der Waals surface area (Å²) in [6.07, 6.45) is 8.62. The fourth-order valence-corrected chi connectivity index (χ4v) is 4.33. The highest BCUT2D eigenvalue weighted by Gasteiger charge is 2.62. The molecule has 0 radical (unpaired) electrons. The topological polar surface area (TPSA) is 47.1 Å². The van der Waals surface area contributed by atoms with E-state index in [-0.39, 0.29) is 11.7 Å². The van der Waals surface area contributed by atoms with Gasteiger partial charge in [-0.25, -0.2) is 0 Å². The zero-order chi connectivity index (χ0) is 13.6. The number of ether oxygens (including phenoxy) is 2. The van der Waals surface area contributed by atoms with Crippen LogP contribution in [0.25, 0.3) is 0 Å². The second-order valence-electron chi connectivity index (χ2n) is 6.64. The highest BCUT2D eigenvalue weighted by Crippen LogP contribution is 2.67. The predicted molar refractivity (Wildman–Crippen MR) is 70.7 cm³/mol. The summed E-state index contributed by atoms with van der Waals surface area (Å²) in [5.41, 5.74) is 1.67. The van der Waals surface area contributed by atoms with Crippen LogP contribution in [0.5, 0.6) is 0 Å². The van der Waals surface area contributed by atoms with E-state index in [4.69, 9.17) is 10.8 Å². The lowest BCUT2D eigenvalue weighted by Crippen LogP contribution is -2.44. The third-order valence-electron chi connectivity index (χ3n) is 5.27. The van der Waals surface area contributed by atoms with E-state index in [0.29, 0.717) is 11.6 Å². The van der Waals surface area contributed by atoms with Gasteiger partial charge in [0.1, 0.15) is 0 Å². The molecule has 1 unspecified atom stereocenters. The molecule has 1 N–H and O–H groups in total. The summed E-state index contributed by atoms with van der Waals surface area (Å²) in [5.74, 6) is 0. The number of nitrogens with one attached hydrogen (secondary N) is 1. The van der Waals surface area contributed by atoms with E-state index in [1.807, 2.05) is 6.07 Å². The Labute approximate surface area is 115 Å². The molecule has 2 heterocycles. The molecule has 1 aromatic heterocycles. The first kappa shape index (κ1) is 10.9. The largest absolute Gasteiger partial charge is 0.353 e. The molecule has 3 aliphatic carbocycles. The Balaban J connectivity index is 1.36. The molecule has 19 heavy (non-hydrogen) atoms. The minimum absolute atomic E-state index is 0.0268. The van der Waals surface area contributed by atoms with Crippen LogP contribution >= 0.6 is 0 Å². The zero-order valence-corrected chi connectivity index (χ0v) is 11.3. The average Bonchev–Trinajstić information content (AvgIpc) is 3.10. The Kier molecular flexibility index (Phi) is 2.47. The summed E-state index contributed by atoms with van der Waals surface area (Å²) in [4.78, 5) is 0. The van der Waals surface area contributed by atoms with Crippen LogP contribution in [-0.4, -0.2) is 29.7 Å². The third-order valence-corrected chi connectivity index (χ3v) is 5.27. The molecule has 4 heteroatoms. The summed E-state index contributed by atoms with van der Waals surface area (Å²) in [7, 11) is 0. The van der Waals surface area contributed by atoms with E-state index in [2.05, 4.69) is 10.2 Å². The molecule has 1 aromatic rings. The quantitative estimate of drug-likeness (QED) is 0.908. The predicted octanol–water partition coefficient (Wildman–Crippen LogP) is 2.76. The van der Waals surface area contributed by atoms with Crippen LogP contribution < -0.4 is 0 Å². The van der Waals surface area contributed by atoms with Gasteiger partial charge in [0.25, 0.3) is 0 Å². The normalized spacial score (nSPS) is 41.9. The number of rotatable bonds is 4. The number of aromatic amines is 1. The maximum atomic E-state index is 7.59. The molecule has 0 amide bonds. The van der Waals surface area contributed by atoms with E-state index in [9.17, 15) is 0 Å². The molecular formula is C15H22N2O2. The first-order valence-electron chi connectivity index (χ1n) is 7.96. The molecule has 4 nitrogen and oxygen atoms in total. The Morgan fingerprint density at radius 1 is 1.47 bits per heavy atom. The van der Waals surface area contributed by atoms with Crippen molar-refractivity contribution in [1.29, 1.82) is 0 Å². The zero-order valence-electron chi connectivity index (χ0n) is 12.3. The van der Waals surface area contributed by atoms with E-state index in [1.54, 1.807) is 0 Å². The molecule has 4 aliphatic rings. The van der Waals surface area contributed by atoms with Crippen LogP contribution in [0.1, 0.15) is 52.0 Å². The Bertz CT molecular complexity index is 490. The van der Waals surface area contributed by atoms with Crippen molar-refractivity contribution in [3.63, 3.8) is 0 Å². The van der Waals surface area contributed by atoms with Crippen LogP contribution in [0.2, 0.25) is 0 Å². The molecule has 5 rings (SSSR count). The van der Waals surface area contributed by atoms with Crippen molar-refractivity contribution in [3.8, 4) is 0 Å². The standard InChI is InChI=1S/C15H22N2O2/c1-2-8-18-13(3-1)19-11-14-5-6-15(9-14,10-14)12-4-7-16-17-12/h4,7,13H,1-3,5-6,8-11H2,(H,16,17)/i7D. The highest BCUT2D eigenvalue weighted by atomic mass is 16.7. The molecule has 0 spiro atoms. The molecule has 1 atom stereocenters. The van der Waals surface area contributed by atoms with Gasteiger partial charge in [-0.1, -0.05) is 0 Å². The second kappa shape index (κ2) is 4.32. The van der Waals surface area contributed by atoms with Crippen LogP contribution in [0.3, 0.4) is 0 Å². The molecule has 1 aliphatic heterocycles. The maximum absolute atomic E-state index is 7.59. The van der Waals surface area contributed by atoms with Gasteiger partial charge >= 0.3 is 0 Å². The van der Waals surface area contributed by atoms with Crippen LogP contribution in [0.4, 0.5) is 0 Å². The number of hydrogen-bond acceptors (Lipinski definition) is 3. The first-order chi connectivity index (χ1) is 9.70. The monoisotopic (exact) mass is 263 g/mol. The van der Waals surface area contributed by atoms with Crippen molar-refractivity contribution in [3.05, 3.63) is 17.9 Å². The van der Waals surface area contributed by atoms with Gasteiger partial charge in [0, 0.05) is 18.2 Å². The number of H-pyrrole nitrogens is 1. The van der Waals surface area contributed by atoms with Crippen LogP contribution in [0.15, 0.2) is 12.2 Å². The fourth-order valence-electron chi connectivity index (χ4n) is 4.33. The molecule has 104 valence electrons. The number of fused-ring (bicyclic) bond motifs is 1. The average molecular weight is 263 g/mol. The van der Waals surface area contributed by atoms with Crippen molar-refractivity contribution in [2.75, 3.05) is 13.2 Å². The van der Waals surface area contributed by atoms with E-state index >= 15 is 0 Å². The number of hydrogen-bond donors (Lipinski definition) is 1. The van der Waals surface area contributed by atoms with Gasteiger partial charge in [-0.05, 0) is 56.4 Å². The fraction of sp³-hybridized carbons (Fsp3) is 0.800. The van der Waals surface area contributed by atoms with Gasteiger partial charge in [0.05, 0.1) is 13.7 Å². The lowest BCUT2D eigenvalue weighted by Gasteiger charge is -2.47. The summed E-state index contributed by atoms with van der Waals surface area (Å²) in [6, 6.07) is 1.89.